The lowest BCUT2D eigenvalue weighted by Crippen LogP contribution is -2.16. The van der Waals surface area contributed by atoms with Crippen molar-refractivity contribution in [2.75, 3.05) is 7.11 Å². The Hall–Kier alpha value is -1.91. The second kappa shape index (κ2) is 7.77. The summed E-state index contributed by atoms with van der Waals surface area (Å²) in [6, 6.07) is 6.33. The van der Waals surface area contributed by atoms with Gasteiger partial charge in [-0.2, -0.15) is 8.78 Å². The lowest BCUT2D eigenvalue weighted by molar-refractivity contribution is -0.0222. The predicted molar refractivity (Wildman–Crippen MR) is 98.8 cm³/mol. The topological polar surface area (TPSA) is 42.4 Å². The van der Waals surface area contributed by atoms with Crippen LogP contribution in [0, 0.1) is 11.8 Å². The molecule has 1 N–H and O–H groups in total. The maximum absolute atomic E-state index is 14.6. The van der Waals surface area contributed by atoms with Gasteiger partial charge in [-0.15, -0.1) is 0 Å². The molecule has 0 radical (unpaired) electrons. The van der Waals surface area contributed by atoms with E-state index in [1.807, 2.05) is 0 Å². The molecule has 26 heavy (non-hydrogen) atoms. The van der Waals surface area contributed by atoms with Crippen molar-refractivity contribution in [2.24, 2.45) is 11.8 Å². The van der Waals surface area contributed by atoms with Crippen molar-refractivity contribution in [3.63, 3.8) is 0 Å². The number of alkyl halides is 2. The van der Waals surface area contributed by atoms with Crippen molar-refractivity contribution < 1.29 is 18.6 Å². The maximum Gasteiger partial charge on any atom is 0.293 e. The van der Waals surface area contributed by atoms with E-state index >= 15 is 0 Å². The first-order valence-corrected chi connectivity index (χ1v) is 9.47. The van der Waals surface area contributed by atoms with Crippen LogP contribution in [0.4, 0.5) is 8.78 Å². The molecule has 5 heteroatoms. The molecule has 142 valence electrons. The van der Waals surface area contributed by atoms with Crippen molar-refractivity contribution >= 4 is 10.9 Å². The number of nitrogens with zero attached hydrogens (tertiary/aromatic N) is 1. The largest absolute Gasteiger partial charge is 0.506 e. The molecule has 1 saturated carbocycles. The van der Waals surface area contributed by atoms with Crippen molar-refractivity contribution in [1.82, 2.24) is 4.98 Å². The average Bonchev–Trinajstić information content (AvgIpc) is 3.02. The highest BCUT2D eigenvalue weighted by molar-refractivity contribution is 5.82. The van der Waals surface area contributed by atoms with E-state index in [0.717, 1.165) is 18.8 Å². The molecular formula is C21H27F2NO2. The number of hydrogen-bond acceptors (Lipinski definition) is 3. The number of ether oxygens (including phenoxy) is 1. The highest BCUT2D eigenvalue weighted by Crippen LogP contribution is 2.40. The van der Waals surface area contributed by atoms with E-state index in [1.54, 1.807) is 18.2 Å². The third kappa shape index (κ3) is 4.08. The molecule has 1 aromatic heterocycles. The zero-order valence-corrected chi connectivity index (χ0v) is 15.5. The molecule has 1 unspecified atom stereocenters. The van der Waals surface area contributed by atoms with Crippen molar-refractivity contribution in [3.05, 3.63) is 30.0 Å². The van der Waals surface area contributed by atoms with Gasteiger partial charge in [-0.1, -0.05) is 39.0 Å². The molecule has 1 fully saturated rings. The van der Waals surface area contributed by atoms with Crippen molar-refractivity contribution in [2.45, 2.75) is 57.8 Å². The van der Waals surface area contributed by atoms with Gasteiger partial charge in [-0.25, -0.2) is 4.98 Å². The molecule has 0 saturated heterocycles. The summed E-state index contributed by atoms with van der Waals surface area (Å²) in [5, 5.41) is 10.7. The molecule has 2 aromatic rings. The minimum Gasteiger partial charge on any atom is -0.506 e. The zero-order chi connectivity index (χ0) is 18.7. The number of fused-ring (bicyclic) bond motifs is 1. The lowest BCUT2D eigenvalue weighted by atomic mass is 9.91. The Labute approximate surface area is 153 Å². The number of benzene rings is 1. The molecule has 1 aromatic carbocycles. The standard InChI is InChI=1S/C21H27F2NO2/c1-14-6-5-8-15(14)7-3-4-11-21(22,23)20-19(25)13-16-12-17(26-2)9-10-18(16)24-20/h9-10,12-15,25H,3-8,11H2,1-2H3/t14?,15-/m1/s1. The van der Waals surface area contributed by atoms with Gasteiger partial charge in [0.05, 0.1) is 12.6 Å². The molecule has 1 aliphatic carbocycles. The second-order valence-electron chi connectivity index (χ2n) is 7.53. The molecular weight excluding hydrogens is 336 g/mol. The number of rotatable bonds is 7. The third-order valence-electron chi connectivity index (χ3n) is 5.70. The van der Waals surface area contributed by atoms with E-state index in [-0.39, 0.29) is 6.42 Å². The maximum atomic E-state index is 14.6. The van der Waals surface area contributed by atoms with E-state index in [9.17, 15) is 13.9 Å². The smallest absolute Gasteiger partial charge is 0.293 e. The molecule has 1 heterocycles. The van der Waals surface area contributed by atoms with Crippen LogP contribution in [0.3, 0.4) is 0 Å². The number of unbranched alkanes of at least 4 members (excludes halogenated alkanes) is 1. The molecule has 3 nitrogen and oxygen atoms in total. The Bertz CT molecular complexity index is 763. The monoisotopic (exact) mass is 363 g/mol. The van der Waals surface area contributed by atoms with Gasteiger partial charge in [-0.05, 0) is 42.5 Å². The molecule has 3 rings (SSSR count). The number of hydrogen-bond donors (Lipinski definition) is 1. The minimum atomic E-state index is -3.13. The molecule has 2 atom stereocenters. The van der Waals surface area contributed by atoms with Crippen molar-refractivity contribution in [1.29, 1.82) is 0 Å². The van der Waals surface area contributed by atoms with E-state index < -0.39 is 17.4 Å². The SMILES string of the molecule is COc1ccc2nc(C(F)(F)CCCC[C@@H]3CCCC3C)c(O)cc2c1. The molecule has 0 spiro atoms. The summed E-state index contributed by atoms with van der Waals surface area (Å²) in [4.78, 5) is 4.03. The summed E-state index contributed by atoms with van der Waals surface area (Å²) in [5.41, 5.74) is -0.0949. The van der Waals surface area contributed by atoms with Crippen LogP contribution in [0.15, 0.2) is 24.3 Å². The Morgan fingerprint density at radius 2 is 2.04 bits per heavy atom. The van der Waals surface area contributed by atoms with Gasteiger partial charge in [-0.3, -0.25) is 0 Å². The fourth-order valence-electron chi connectivity index (χ4n) is 4.06. The van der Waals surface area contributed by atoms with E-state index in [2.05, 4.69) is 11.9 Å². The Kier molecular flexibility index (Phi) is 5.64. The first-order chi connectivity index (χ1) is 12.4. The van der Waals surface area contributed by atoms with Gasteiger partial charge >= 0.3 is 0 Å². The van der Waals surface area contributed by atoms with E-state index in [4.69, 9.17) is 4.74 Å². The van der Waals surface area contributed by atoms with Crippen LogP contribution in [0.5, 0.6) is 11.5 Å². The van der Waals surface area contributed by atoms with Crippen molar-refractivity contribution in [3.8, 4) is 11.5 Å². The third-order valence-corrected chi connectivity index (χ3v) is 5.70. The molecule has 1 aliphatic rings. The van der Waals surface area contributed by atoms with E-state index in [0.29, 0.717) is 29.0 Å². The second-order valence-corrected chi connectivity index (χ2v) is 7.53. The summed E-state index contributed by atoms with van der Waals surface area (Å²) in [6.45, 7) is 2.26. The normalized spacial score (nSPS) is 20.6. The zero-order valence-electron chi connectivity index (χ0n) is 15.5. The predicted octanol–water partition coefficient (Wildman–Crippen LogP) is 6.04. The van der Waals surface area contributed by atoms with Crippen LogP contribution < -0.4 is 4.74 Å². The lowest BCUT2D eigenvalue weighted by Gasteiger charge is -2.19. The number of methoxy groups -OCH3 is 1. The van der Waals surface area contributed by atoms with E-state index in [1.165, 1.54) is 32.4 Å². The highest BCUT2D eigenvalue weighted by atomic mass is 19.3. The summed E-state index contributed by atoms with van der Waals surface area (Å²) in [5.74, 6) is -1.58. The van der Waals surface area contributed by atoms with Gasteiger partial charge < -0.3 is 9.84 Å². The van der Waals surface area contributed by atoms with Gasteiger partial charge in [0, 0.05) is 11.8 Å². The van der Waals surface area contributed by atoms with Crippen LogP contribution in [-0.2, 0) is 5.92 Å². The van der Waals surface area contributed by atoms with Gasteiger partial charge in [0.2, 0.25) is 0 Å². The van der Waals surface area contributed by atoms with Crippen LogP contribution in [-0.4, -0.2) is 17.2 Å². The van der Waals surface area contributed by atoms with Gasteiger partial charge in [0.15, 0.2) is 5.69 Å². The molecule has 0 bridgehead atoms. The highest BCUT2D eigenvalue weighted by Gasteiger charge is 2.36. The minimum absolute atomic E-state index is 0.281. The van der Waals surface area contributed by atoms with Crippen LogP contribution >= 0.6 is 0 Å². The number of aromatic hydroxyl groups is 1. The number of halogens is 2. The van der Waals surface area contributed by atoms with Gasteiger partial charge in [0.25, 0.3) is 5.92 Å². The Morgan fingerprint density at radius 1 is 1.23 bits per heavy atom. The summed E-state index contributed by atoms with van der Waals surface area (Å²) in [7, 11) is 1.53. The van der Waals surface area contributed by atoms with Gasteiger partial charge in [0.1, 0.15) is 11.5 Å². The summed E-state index contributed by atoms with van der Waals surface area (Å²) in [6.07, 6.45) is 5.74. The Morgan fingerprint density at radius 3 is 2.73 bits per heavy atom. The fourth-order valence-corrected chi connectivity index (χ4v) is 4.06. The average molecular weight is 363 g/mol. The Balaban J connectivity index is 1.66. The molecule has 0 amide bonds. The first-order valence-electron chi connectivity index (χ1n) is 9.47. The quantitative estimate of drug-likeness (QED) is 0.610. The van der Waals surface area contributed by atoms with Crippen LogP contribution in [0.25, 0.3) is 10.9 Å². The van der Waals surface area contributed by atoms with Crippen LogP contribution in [0.2, 0.25) is 0 Å². The molecule has 0 aliphatic heterocycles. The number of pyridine rings is 1. The first kappa shape index (κ1) is 18.9. The summed E-state index contributed by atoms with van der Waals surface area (Å²) >= 11 is 0. The summed E-state index contributed by atoms with van der Waals surface area (Å²) < 4.78 is 34.4. The fraction of sp³-hybridized carbons (Fsp3) is 0.571. The van der Waals surface area contributed by atoms with Crippen LogP contribution in [0.1, 0.15) is 57.6 Å². The number of aromatic nitrogens is 1.